The van der Waals surface area contributed by atoms with E-state index in [9.17, 15) is 4.79 Å². The average molecular weight is 179 g/mol. The van der Waals surface area contributed by atoms with Crippen molar-refractivity contribution in [2.75, 3.05) is 6.54 Å². The number of aromatic nitrogens is 2. The van der Waals surface area contributed by atoms with E-state index in [1.807, 2.05) is 13.8 Å². The summed E-state index contributed by atoms with van der Waals surface area (Å²) < 4.78 is 0. The molecule has 70 valence electrons. The van der Waals surface area contributed by atoms with Gasteiger partial charge < -0.3 is 5.32 Å². The standard InChI is InChI=1S/C9H13N3O/c1-4-10-9(13)8-5-6(2)11-12-7(8)3/h5H,4H2,1-3H3,(H,10,13). The van der Waals surface area contributed by atoms with E-state index in [4.69, 9.17) is 0 Å². The van der Waals surface area contributed by atoms with Crippen LogP contribution in [0.15, 0.2) is 6.07 Å². The van der Waals surface area contributed by atoms with Crippen LogP contribution in [0.25, 0.3) is 0 Å². The minimum atomic E-state index is -0.0852. The molecule has 13 heavy (non-hydrogen) atoms. The summed E-state index contributed by atoms with van der Waals surface area (Å²) in [5.74, 6) is -0.0852. The first-order valence-corrected chi connectivity index (χ1v) is 4.24. The van der Waals surface area contributed by atoms with E-state index >= 15 is 0 Å². The lowest BCUT2D eigenvalue weighted by Crippen LogP contribution is -2.24. The minimum Gasteiger partial charge on any atom is -0.352 e. The summed E-state index contributed by atoms with van der Waals surface area (Å²) in [5.41, 5.74) is 2.03. The van der Waals surface area contributed by atoms with Gasteiger partial charge in [0.2, 0.25) is 0 Å². The summed E-state index contributed by atoms with van der Waals surface area (Å²) in [6.07, 6.45) is 0. The van der Waals surface area contributed by atoms with Crippen LogP contribution in [0.3, 0.4) is 0 Å². The molecule has 0 aliphatic carbocycles. The Balaban J connectivity index is 2.99. The third-order valence-electron chi connectivity index (χ3n) is 1.68. The van der Waals surface area contributed by atoms with Gasteiger partial charge in [0.15, 0.2) is 0 Å². The van der Waals surface area contributed by atoms with Gasteiger partial charge in [-0.2, -0.15) is 10.2 Å². The Kier molecular flexibility index (Phi) is 2.95. The largest absolute Gasteiger partial charge is 0.352 e. The molecule has 4 heteroatoms. The molecule has 0 atom stereocenters. The van der Waals surface area contributed by atoms with Gasteiger partial charge in [-0.1, -0.05) is 0 Å². The molecule has 0 radical (unpaired) electrons. The topological polar surface area (TPSA) is 54.9 Å². The lowest BCUT2D eigenvalue weighted by atomic mass is 10.2. The summed E-state index contributed by atoms with van der Waals surface area (Å²) in [6.45, 7) is 6.10. The van der Waals surface area contributed by atoms with Gasteiger partial charge in [-0.3, -0.25) is 4.79 Å². The van der Waals surface area contributed by atoms with E-state index in [1.165, 1.54) is 0 Å². The van der Waals surface area contributed by atoms with E-state index in [1.54, 1.807) is 13.0 Å². The number of amides is 1. The maximum absolute atomic E-state index is 11.4. The highest BCUT2D eigenvalue weighted by atomic mass is 16.1. The maximum Gasteiger partial charge on any atom is 0.253 e. The van der Waals surface area contributed by atoms with Crippen LogP contribution in [0, 0.1) is 13.8 Å². The number of carbonyl (C=O) groups is 1. The Bertz CT molecular complexity index is 323. The molecule has 0 saturated carbocycles. The highest BCUT2D eigenvalue weighted by Gasteiger charge is 2.09. The molecule has 1 aromatic rings. The molecule has 1 aromatic heterocycles. The molecule has 0 fully saturated rings. The van der Waals surface area contributed by atoms with Crippen molar-refractivity contribution >= 4 is 5.91 Å². The van der Waals surface area contributed by atoms with Crippen LogP contribution in [-0.2, 0) is 0 Å². The summed E-state index contributed by atoms with van der Waals surface area (Å²) in [4.78, 5) is 11.4. The summed E-state index contributed by atoms with van der Waals surface area (Å²) in [7, 11) is 0. The summed E-state index contributed by atoms with van der Waals surface area (Å²) in [6, 6.07) is 1.74. The molecule has 1 N–H and O–H groups in total. The number of hydrogen-bond acceptors (Lipinski definition) is 3. The second-order valence-electron chi connectivity index (χ2n) is 2.84. The van der Waals surface area contributed by atoms with Crippen LogP contribution in [0.5, 0.6) is 0 Å². The van der Waals surface area contributed by atoms with Crippen molar-refractivity contribution in [3.05, 3.63) is 23.0 Å². The number of aryl methyl sites for hydroxylation is 2. The molecular weight excluding hydrogens is 166 g/mol. The Hall–Kier alpha value is -1.45. The van der Waals surface area contributed by atoms with Gasteiger partial charge in [-0.15, -0.1) is 0 Å². The third kappa shape index (κ3) is 2.24. The van der Waals surface area contributed by atoms with Crippen molar-refractivity contribution < 1.29 is 4.79 Å². The first-order valence-electron chi connectivity index (χ1n) is 4.24. The lowest BCUT2D eigenvalue weighted by Gasteiger charge is -2.04. The molecule has 4 nitrogen and oxygen atoms in total. The van der Waals surface area contributed by atoms with Crippen LogP contribution in [0.1, 0.15) is 28.7 Å². The molecular formula is C9H13N3O. The monoisotopic (exact) mass is 179 g/mol. The quantitative estimate of drug-likeness (QED) is 0.732. The van der Waals surface area contributed by atoms with E-state index in [0.717, 1.165) is 5.69 Å². The summed E-state index contributed by atoms with van der Waals surface area (Å²) >= 11 is 0. The fourth-order valence-electron chi connectivity index (χ4n) is 1.04. The van der Waals surface area contributed by atoms with E-state index < -0.39 is 0 Å². The van der Waals surface area contributed by atoms with Crippen LogP contribution in [-0.4, -0.2) is 22.6 Å². The van der Waals surface area contributed by atoms with Gasteiger partial charge in [0.05, 0.1) is 17.0 Å². The van der Waals surface area contributed by atoms with Crippen molar-refractivity contribution in [2.24, 2.45) is 0 Å². The summed E-state index contributed by atoms with van der Waals surface area (Å²) in [5, 5.41) is 10.4. The number of rotatable bonds is 2. The van der Waals surface area contributed by atoms with Gasteiger partial charge in [-0.05, 0) is 26.8 Å². The highest BCUT2D eigenvalue weighted by molar-refractivity contribution is 5.95. The Labute approximate surface area is 77.4 Å². The average Bonchev–Trinajstić information content (AvgIpc) is 2.09. The van der Waals surface area contributed by atoms with Crippen LogP contribution >= 0.6 is 0 Å². The molecule has 0 unspecified atom stereocenters. The third-order valence-corrected chi connectivity index (χ3v) is 1.68. The predicted octanol–water partition coefficient (Wildman–Crippen LogP) is 0.843. The molecule has 0 aromatic carbocycles. The smallest absolute Gasteiger partial charge is 0.253 e. The van der Waals surface area contributed by atoms with Gasteiger partial charge in [0.1, 0.15) is 0 Å². The highest BCUT2D eigenvalue weighted by Crippen LogP contribution is 2.04. The molecule has 0 aliphatic rings. The maximum atomic E-state index is 11.4. The van der Waals surface area contributed by atoms with Crippen molar-refractivity contribution in [2.45, 2.75) is 20.8 Å². The SMILES string of the molecule is CCNC(=O)c1cc(C)nnc1C. The van der Waals surface area contributed by atoms with Gasteiger partial charge in [0.25, 0.3) is 5.91 Å². The minimum absolute atomic E-state index is 0.0852. The number of nitrogens with one attached hydrogen (secondary N) is 1. The zero-order valence-corrected chi connectivity index (χ0v) is 8.09. The zero-order valence-electron chi connectivity index (χ0n) is 8.09. The fraction of sp³-hybridized carbons (Fsp3) is 0.444. The molecule has 0 saturated heterocycles. The fourth-order valence-corrected chi connectivity index (χ4v) is 1.04. The van der Waals surface area contributed by atoms with E-state index in [0.29, 0.717) is 17.8 Å². The zero-order chi connectivity index (χ0) is 9.84. The van der Waals surface area contributed by atoms with Gasteiger partial charge in [0, 0.05) is 6.54 Å². The molecule has 1 amide bonds. The first-order chi connectivity index (χ1) is 6.15. The van der Waals surface area contributed by atoms with Crippen molar-refractivity contribution in [3.63, 3.8) is 0 Å². The normalized spacial score (nSPS) is 9.77. The second-order valence-corrected chi connectivity index (χ2v) is 2.84. The van der Waals surface area contributed by atoms with Crippen molar-refractivity contribution in [1.29, 1.82) is 0 Å². The Morgan fingerprint density at radius 1 is 1.46 bits per heavy atom. The number of nitrogens with zero attached hydrogens (tertiary/aromatic N) is 2. The lowest BCUT2D eigenvalue weighted by molar-refractivity contribution is 0.0954. The first kappa shape index (κ1) is 9.64. The van der Waals surface area contributed by atoms with E-state index in [-0.39, 0.29) is 5.91 Å². The van der Waals surface area contributed by atoms with Crippen molar-refractivity contribution in [3.8, 4) is 0 Å². The molecule has 0 bridgehead atoms. The Morgan fingerprint density at radius 2 is 2.15 bits per heavy atom. The van der Waals surface area contributed by atoms with Crippen LogP contribution in [0.4, 0.5) is 0 Å². The number of carbonyl (C=O) groups excluding carboxylic acids is 1. The van der Waals surface area contributed by atoms with Crippen molar-refractivity contribution in [1.82, 2.24) is 15.5 Å². The predicted molar refractivity (Wildman–Crippen MR) is 49.5 cm³/mol. The molecule has 0 aliphatic heterocycles. The second kappa shape index (κ2) is 3.98. The van der Waals surface area contributed by atoms with E-state index in [2.05, 4.69) is 15.5 Å². The molecule has 1 rings (SSSR count). The molecule has 0 spiro atoms. The van der Waals surface area contributed by atoms with Crippen LogP contribution < -0.4 is 5.32 Å². The van der Waals surface area contributed by atoms with Gasteiger partial charge >= 0.3 is 0 Å². The molecule has 1 heterocycles. The number of hydrogen-bond donors (Lipinski definition) is 1. The Morgan fingerprint density at radius 3 is 2.77 bits per heavy atom. The van der Waals surface area contributed by atoms with Crippen LogP contribution in [0.2, 0.25) is 0 Å². The van der Waals surface area contributed by atoms with Gasteiger partial charge in [-0.25, -0.2) is 0 Å².